The zero-order valence-electron chi connectivity index (χ0n) is 17.8. The molecule has 6 nitrogen and oxygen atoms in total. The van der Waals surface area contributed by atoms with E-state index in [0.29, 0.717) is 17.1 Å². The Morgan fingerprint density at radius 1 is 1.12 bits per heavy atom. The van der Waals surface area contributed by atoms with Crippen molar-refractivity contribution in [1.82, 2.24) is 25.1 Å². The summed E-state index contributed by atoms with van der Waals surface area (Å²) in [5, 5.41) is 10.1. The molecule has 32 heavy (non-hydrogen) atoms. The second-order valence-electron chi connectivity index (χ2n) is 7.88. The molecule has 0 aliphatic heterocycles. The average molecular weight is 444 g/mol. The van der Waals surface area contributed by atoms with Crippen molar-refractivity contribution in [2.75, 3.05) is 6.54 Å². The second-order valence-corrected chi connectivity index (χ2v) is 8.29. The van der Waals surface area contributed by atoms with E-state index in [1.807, 2.05) is 68.7 Å². The van der Waals surface area contributed by atoms with E-state index < -0.39 is 0 Å². The van der Waals surface area contributed by atoms with Crippen LogP contribution in [0.1, 0.15) is 33.1 Å². The Bertz CT molecular complexity index is 1450. The van der Waals surface area contributed by atoms with Crippen LogP contribution in [0.25, 0.3) is 21.9 Å². The highest BCUT2D eigenvalue weighted by molar-refractivity contribution is 6.31. The molecule has 1 unspecified atom stereocenters. The van der Waals surface area contributed by atoms with Gasteiger partial charge in [0.25, 0.3) is 5.91 Å². The van der Waals surface area contributed by atoms with Crippen molar-refractivity contribution in [1.29, 1.82) is 0 Å². The molecule has 5 aromatic rings. The Morgan fingerprint density at radius 2 is 1.91 bits per heavy atom. The maximum atomic E-state index is 13.0. The molecule has 1 amide bonds. The predicted octanol–water partition coefficient (Wildman–Crippen LogP) is 4.97. The van der Waals surface area contributed by atoms with Gasteiger partial charge in [0.05, 0.1) is 11.3 Å². The Kier molecular flexibility index (Phi) is 5.15. The van der Waals surface area contributed by atoms with Crippen LogP contribution in [0.5, 0.6) is 0 Å². The summed E-state index contributed by atoms with van der Waals surface area (Å²) in [6.07, 6.45) is 3.59. The van der Waals surface area contributed by atoms with Crippen molar-refractivity contribution < 1.29 is 4.79 Å². The molecule has 1 atom stereocenters. The number of carbonyl (C=O) groups is 1. The van der Waals surface area contributed by atoms with E-state index in [-0.39, 0.29) is 11.8 Å². The minimum atomic E-state index is -0.181. The molecule has 0 radical (unpaired) electrons. The lowest BCUT2D eigenvalue weighted by molar-refractivity contribution is 0.0952. The minimum Gasteiger partial charge on any atom is -0.361 e. The summed E-state index contributed by atoms with van der Waals surface area (Å²) in [5.74, 6) is -0.292. The quantitative estimate of drug-likeness (QED) is 0.402. The number of rotatable bonds is 5. The van der Waals surface area contributed by atoms with Crippen LogP contribution in [0, 0.1) is 6.92 Å². The molecule has 3 heterocycles. The SMILES string of the molecule is Cc1nn(C)c2ncc(C(=O)NCC(c3ccccc3Cl)c3c[nH]c4ccccc34)cc12. The Morgan fingerprint density at radius 3 is 2.75 bits per heavy atom. The van der Waals surface area contributed by atoms with Gasteiger partial charge in [-0.2, -0.15) is 5.10 Å². The van der Waals surface area contributed by atoms with Gasteiger partial charge < -0.3 is 10.3 Å². The van der Waals surface area contributed by atoms with E-state index in [4.69, 9.17) is 11.6 Å². The average Bonchev–Trinajstić information content (AvgIpc) is 3.35. The first-order valence-electron chi connectivity index (χ1n) is 10.4. The smallest absolute Gasteiger partial charge is 0.252 e. The van der Waals surface area contributed by atoms with Gasteiger partial charge in [-0.05, 0) is 36.2 Å². The highest BCUT2D eigenvalue weighted by Crippen LogP contribution is 2.34. The van der Waals surface area contributed by atoms with E-state index in [2.05, 4.69) is 26.4 Å². The lowest BCUT2D eigenvalue weighted by Gasteiger charge is -2.19. The Hall–Kier alpha value is -3.64. The zero-order chi connectivity index (χ0) is 22.2. The number of hydrogen-bond acceptors (Lipinski definition) is 3. The third-order valence-electron chi connectivity index (χ3n) is 5.87. The Balaban J connectivity index is 1.47. The molecule has 0 spiro atoms. The van der Waals surface area contributed by atoms with Gasteiger partial charge in [-0.3, -0.25) is 9.48 Å². The van der Waals surface area contributed by atoms with Gasteiger partial charge >= 0.3 is 0 Å². The van der Waals surface area contributed by atoms with E-state index in [1.54, 1.807) is 10.9 Å². The number of aryl methyl sites for hydroxylation is 2. The zero-order valence-corrected chi connectivity index (χ0v) is 18.5. The summed E-state index contributed by atoms with van der Waals surface area (Å²) >= 11 is 6.56. The van der Waals surface area contributed by atoms with Gasteiger partial charge in [0.2, 0.25) is 0 Å². The summed E-state index contributed by atoms with van der Waals surface area (Å²) in [6.45, 7) is 2.31. The topological polar surface area (TPSA) is 75.6 Å². The van der Waals surface area contributed by atoms with Crippen LogP contribution in [-0.4, -0.2) is 32.2 Å². The highest BCUT2D eigenvalue weighted by Gasteiger charge is 2.22. The minimum absolute atomic E-state index is 0.111. The third-order valence-corrected chi connectivity index (χ3v) is 6.21. The number of aromatic nitrogens is 4. The van der Waals surface area contributed by atoms with E-state index >= 15 is 0 Å². The van der Waals surface area contributed by atoms with Crippen molar-refractivity contribution in [3.8, 4) is 0 Å². The van der Waals surface area contributed by atoms with Crippen molar-refractivity contribution in [2.45, 2.75) is 12.8 Å². The van der Waals surface area contributed by atoms with Crippen molar-refractivity contribution in [3.05, 3.63) is 94.4 Å². The van der Waals surface area contributed by atoms with Crippen LogP contribution < -0.4 is 5.32 Å². The molecule has 0 saturated carbocycles. The van der Waals surface area contributed by atoms with E-state index in [0.717, 1.165) is 38.8 Å². The maximum Gasteiger partial charge on any atom is 0.252 e. The standard InChI is InChI=1S/C25H22ClN5O/c1-15-19-11-16(12-28-24(19)31(2)30-15)25(32)29-14-20(17-7-3-5-9-22(17)26)21-13-27-23-10-6-4-8-18(21)23/h3-13,20,27H,14H2,1-2H3,(H,29,32). The number of carbonyl (C=O) groups excluding carboxylic acids is 1. The summed E-state index contributed by atoms with van der Waals surface area (Å²) in [5.41, 5.74) is 5.21. The molecular formula is C25H22ClN5O. The molecule has 5 rings (SSSR count). The molecule has 3 aromatic heterocycles. The number of halogens is 1. The summed E-state index contributed by atoms with van der Waals surface area (Å²) in [7, 11) is 1.84. The first-order chi connectivity index (χ1) is 15.5. The Labute approximate surface area is 190 Å². The number of fused-ring (bicyclic) bond motifs is 2. The van der Waals surface area contributed by atoms with Gasteiger partial charge in [0, 0.05) is 53.2 Å². The summed E-state index contributed by atoms with van der Waals surface area (Å²) in [6, 6.07) is 17.7. The fourth-order valence-corrected chi connectivity index (χ4v) is 4.52. The molecule has 2 N–H and O–H groups in total. The number of aromatic amines is 1. The van der Waals surface area contributed by atoms with Crippen LogP contribution in [0.3, 0.4) is 0 Å². The van der Waals surface area contributed by atoms with Gasteiger partial charge in [-0.25, -0.2) is 4.98 Å². The number of hydrogen-bond donors (Lipinski definition) is 2. The van der Waals surface area contributed by atoms with Crippen molar-refractivity contribution >= 4 is 39.4 Å². The van der Waals surface area contributed by atoms with Gasteiger partial charge in [-0.1, -0.05) is 48.0 Å². The second kappa shape index (κ2) is 8.13. The molecule has 0 saturated heterocycles. The normalized spacial score (nSPS) is 12.3. The highest BCUT2D eigenvalue weighted by atomic mass is 35.5. The first kappa shape index (κ1) is 20.3. The number of nitrogens with zero attached hydrogens (tertiary/aromatic N) is 3. The van der Waals surface area contributed by atoms with Crippen LogP contribution in [-0.2, 0) is 7.05 Å². The van der Waals surface area contributed by atoms with Crippen molar-refractivity contribution in [2.24, 2.45) is 7.05 Å². The molecule has 2 aromatic carbocycles. The molecule has 0 fully saturated rings. The lowest BCUT2D eigenvalue weighted by Crippen LogP contribution is -2.29. The van der Waals surface area contributed by atoms with Gasteiger partial charge in [-0.15, -0.1) is 0 Å². The van der Waals surface area contributed by atoms with Gasteiger partial charge in [0.15, 0.2) is 5.65 Å². The fraction of sp³-hybridized carbons (Fsp3) is 0.160. The summed E-state index contributed by atoms with van der Waals surface area (Å²) < 4.78 is 1.72. The predicted molar refractivity (Wildman–Crippen MR) is 127 cm³/mol. The molecule has 0 aliphatic carbocycles. The number of benzene rings is 2. The van der Waals surface area contributed by atoms with Gasteiger partial charge in [0.1, 0.15) is 0 Å². The maximum absolute atomic E-state index is 13.0. The van der Waals surface area contributed by atoms with E-state index in [1.165, 1.54) is 0 Å². The number of para-hydroxylation sites is 1. The third kappa shape index (κ3) is 3.52. The largest absolute Gasteiger partial charge is 0.361 e. The van der Waals surface area contributed by atoms with Crippen LogP contribution in [0.2, 0.25) is 5.02 Å². The first-order valence-corrected chi connectivity index (χ1v) is 10.8. The molecule has 0 aliphatic rings. The monoisotopic (exact) mass is 443 g/mol. The van der Waals surface area contributed by atoms with Crippen LogP contribution >= 0.6 is 11.6 Å². The molecular weight excluding hydrogens is 422 g/mol. The number of H-pyrrole nitrogens is 1. The molecule has 160 valence electrons. The summed E-state index contributed by atoms with van der Waals surface area (Å²) in [4.78, 5) is 20.8. The fourth-order valence-electron chi connectivity index (χ4n) is 4.26. The van der Waals surface area contributed by atoms with Crippen molar-refractivity contribution in [3.63, 3.8) is 0 Å². The molecule has 0 bridgehead atoms. The van der Waals surface area contributed by atoms with E-state index in [9.17, 15) is 4.79 Å². The number of nitrogens with one attached hydrogen (secondary N) is 2. The number of pyridine rings is 1. The van der Waals surface area contributed by atoms with Crippen LogP contribution in [0.4, 0.5) is 0 Å². The van der Waals surface area contributed by atoms with Crippen LogP contribution in [0.15, 0.2) is 67.0 Å². The lowest BCUT2D eigenvalue weighted by atomic mass is 9.90. The molecule has 7 heteroatoms. The number of amides is 1.